The maximum absolute atomic E-state index is 12.8. The minimum Gasteiger partial charge on any atom is -0.477 e. The highest BCUT2D eigenvalue weighted by Crippen LogP contribution is 2.29. The van der Waals surface area contributed by atoms with Crippen LogP contribution < -0.4 is 5.32 Å². The molecule has 0 saturated heterocycles. The van der Waals surface area contributed by atoms with E-state index in [1.165, 1.54) is 35.4 Å². The third-order valence-electron chi connectivity index (χ3n) is 3.74. The molecule has 0 bridgehead atoms. The second-order valence-electron chi connectivity index (χ2n) is 5.85. The number of hydrogen-bond donors (Lipinski definition) is 2. The summed E-state index contributed by atoms with van der Waals surface area (Å²) < 4.78 is 40.7. The molecular weight excluding hydrogens is 379 g/mol. The van der Waals surface area contributed by atoms with Crippen molar-refractivity contribution in [3.63, 3.8) is 0 Å². The molecule has 11 heteroatoms. The van der Waals surface area contributed by atoms with Crippen LogP contribution >= 0.6 is 0 Å². The van der Waals surface area contributed by atoms with Crippen LogP contribution in [0.3, 0.4) is 0 Å². The standard InChI is InChI=1S/C17H14F3N5O3/c18-17(19,20)12-3-1-2-11(6-12)8-24-9-13(7-22-24)23-15(26)10-25-14(16(27)28)4-5-21-25/h1-7,9H,8,10H2,(H,23,26)(H,27,28). The highest BCUT2D eigenvalue weighted by Gasteiger charge is 2.30. The summed E-state index contributed by atoms with van der Waals surface area (Å²) in [6, 6.07) is 6.14. The van der Waals surface area contributed by atoms with E-state index >= 15 is 0 Å². The quantitative estimate of drug-likeness (QED) is 0.670. The van der Waals surface area contributed by atoms with Gasteiger partial charge in [-0.15, -0.1) is 0 Å². The van der Waals surface area contributed by atoms with Gasteiger partial charge in [0, 0.05) is 12.4 Å². The summed E-state index contributed by atoms with van der Waals surface area (Å²) in [7, 11) is 0. The first-order chi connectivity index (χ1) is 13.2. The van der Waals surface area contributed by atoms with Gasteiger partial charge in [-0.3, -0.25) is 9.48 Å². The van der Waals surface area contributed by atoms with Gasteiger partial charge in [0.2, 0.25) is 5.91 Å². The number of rotatable bonds is 6. The predicted molar refractivity (Wildman–Crippen MR) is 90.6 cm³/mol. The van der Waals surface area contributed by atoms with Crippen molar-refractivity contribution < 1.29 is 27.9 Å². The first-order valence-electron chi connectivity index (χ1n) is 7.96. The molecule has 3 rings (SSSR count). The molecule has 2 aromatic heterocycles. The van der Waals surface area contributed by atoms with Crippen molar-refractivity contribution in [2.45, 2.75) is 19.3 Å². The Hall–Kier alpha value is -3.63. The number of carboxylic acid groups (broad SMARTS) is 1. The number of benzene rings is 1. The third-order valence-corrected chi connectivity index (χ3v) is 3.74. The average Bonchev–Trinajstić information content (AvgIpc) is 3.24. The van der Waals surface area contributed by atoms with Gasteiger partial charge in [-0.2, -0.15) is 23.4 Å². The predicted octanol–water partition coefficient (Wildman–Crippen LogP) is 2.48. The van der Waals surface area contributed by atoms with Gasteiger partial charge >= 0.3 is 12.1 Å². The molecule has 1 aromatic carbocycles. The summed E-state index contributed by atoms with van der Waals surface area (Å²) in [5, 5.41) is 19.3. The number of nitrogens with zero attached hydrogens (tertiary/aromatic N) is 4. The van der Waals surface area contributed by atoms with E-state index in [2.05, 4.69) is 15.5 Å². The highest BCUT2D eigenvalue weighted by atomic mass is 19.4. The second kappa shape index (κ2) is 7.55. The summed E-state index contributed by atoms with van der Waals surface area (Å²) in [6.07, 6.45) is -0.365. The van der Waals surface area contributed by atoms with Crippen molar-refractivity contribution in [3.05, 3.63) is 65.7 Å². The van der Waals surface area contributed by atoms with Crippen molar-refractivity contribution in [2.24, 2.45) is 0 Å². The molecule has 0 unspecified atom stereocenters. The summed E-state index contributed by atoms with van der Waals surface area (Å²) in [5.74, 6) is -1.73. The van der Waals surface area contributed by atoms with Crippen molar-refractivity contribution in [1.82, 2.24) is 19.6 Å². The molecule has 2 heterocycles. The van der Waals surface area contributed by atoms with Crippen LogP contribution in [0.25, 0.3) is 0 Å². The lowest BCUT2D eigenvalue weighted by Crippen LogP contribution is -2.22. The number of carboxylic acids is 1. The fourth-order valence-corrected chi connectivity index (χ4v) is 2.52. The number of aromatic carboxylic acids is 1. The molecule has 0 saturated carbocycles. The van der Waals surface area contributed by atoms with E-state index < -0.39 is 23.6 Å². The zero-order valence-corrected chi connectivity index (χ0v) is 14.2. The molecule has 0 radical (unpaired) electrons. The molecule has 0 spiro atoms. The van der Waals surface area contributed by atoms with Crippen molar-refractivity contribution in [2.75, 3.05) is 5.32 Å². The molecule has 1 amide bonds. The average molecular weight is 393 g/mol. The molecule has 0 aliphatic heterocycles. The number of halogens is 3. The minimum absolute atomic E-state index is 0.0854. The van der Waals surface area contributed by atoms with Crippen LogP contribution in [0.15, 0.2) is 48.9 Å². The van der Waals surface area contributed by atoms with Gasteiger partial charge in [-0.05, 0) is 23.8 Å². The number of carbonyl (C=O) groups excluding carboxylic acids is 1. The van der Waals surface area contributed by atoms with E-state index in [1.807, 2.05) is 0 Å². The molecule has 0 aliphatic carbocycles. The zero-order chi connectivity index (χ0) is 20.3. The van der Waals surface area contributed by atoms with Crippen molar-refractivity contribution >= 4 is 17.6 Å². The molecule has 2 N–H and O–H groups in total. The van der Waals surface area contributed by atoms with Crippen LogP contribution in [0.1, 0.15) is 21.6 Å². The smallest absolute Gasteiger partial charge is 0.416 e. The summed E-state index contributed by atoms with van der Waals surface area (Å²) in [5.41, 5.74) is -0.158. The number of nitrogens with one attached hydrogen (secondary N) is 1. The van der Waals surface area contributed by atoms with Crippen LogP contribution in [-0.4, -0.2) is 36.5 Å². The molecule has 3 aromatic rings. The van der Waals surface area contributed by atoms with E-state index in [-0.39, 0.29) is 18.8 Å². The van der Waals surface area contributed by atoms with E-state index in [0.29, 0.717) is 11.3 Å². The van der Waals surface area contributed by atoms with Gasteiger partial charge in [-0.25, -0.2) is 9.48 Å². The van der Waals surface area contributed by atoms with E-state index in [4.69, 9.17) is 5.11 Å². The number of aromatic nitrogens is 4. The Balaban J connectivity index is 1.63. The lowest BCUT2D eigenvalue weighted by Gasteiger charge is -2.08. The number of anilines is 1. The monoisotopic (exact) mass is 393 g/mol. The number of amides is 1. The zero-order valence-electron chi connectivity index (χ0n) is 14.2. The first kappa shape index (κ1) is 19.1. The maximum Gasteiger partial charge on any atom is 0.416 e. The fourth-order valence-electron chi connectivity index (χ4n) is 2.52. The van der Waals surface area contributed by atoms with Crippen molar-refractivity contribution in [1.29, 1.82) is 0 Å². The summed E-state index contributed by atoms with van der Waals surface area (Å²) >= 11 is 0. The lowest BCUT2D eigenvalue weighted by atomic mass is 10.1. The van der Waals surface area contributed by atoms with Gasteiger partial charge in [0.05, 0.1) is 24.0 Å². The first-order valence-corrected chi connectivity index (χ1v) is 7.96. The number of alkyl halides is 3. The number of carbonyl (C=O) groups is 2. The minimum atomic E-state index is -4.43. The Morgan fingerprint density at radius 1 is 1.18 bits per heavy atom. The SMILES string of the molecule is O=C(Cn1nccc1C(=O)O)Nc1cnn(Cc2cccc(C(F)(F)F)c2)c1. The molecule has 28 heavy (non-hydrogen) atoms. The fraction of sp³-hybridized carbons (Fsp3) is 0.176. The van der Waals surface area contributed by atoms with E-state index in [9.17, 15) is 22.8 Å². The molecule has 146 valence electrons. The van der Waals surface area contributed by atoms with Crippen LogP contribution in [0, 0.1) is 0 Å². The third kappa shape index (κ3) is 4.55. The molecule has 8 nitrogen and oxygen atoms in total. The maximum atomic E-state index is 12.8. The van der Waals surface area contributed by atoms with Crippen LogP contribution in [-0.2, 0) is 24.1 Å². The molecule has 0 aliphatic rings. The van der Waals surface area contributed by atoms with E-state index in [1.54, 1.807) is 6.07 Å². The Kier molecular flexibility index (Phi) is 5.16. The van der Waals surface area contributed by atoms with Crippen molar-refractivity contribution in [3.8, 4) is 0 Å². The van der Waals surface area contributed by atoms with Gasteiger partial charge in [0.25, 0.3) is 0 Å². The van der Waals surface area contributed by atoms with Crippen LogP contribution in [0.2, 0.25) is 0 Å². The normalized spacial score (nSPS) is 11.4. The highest BCUT2D eigenvalue weighted by molar-refractivity contribution is 5.91. The van der Waals surface area contributed by atoms with E-state index in [0.717, 1.165) is 16.8 Å². The summed E-state index contributed by atoms with van der Waals surface area (Å²) in [6.45, 7) is -0.227. The molecular formula is C17H14F3N5O3. The van der Waals surface area contributed by atoms with Crippen LogP contribution in [0.5, 0.6) is 0 Å². The van der Waals surface area contributed by atoms with Gasteiger partial charge in [-0.1, -0.05) is 12.1 Å². The summed E-state index contributed by atoms with van der Waals surface area (Å²) in [4.78, 5) is 23.1. The van der Waals surface area contributed by atoms with Gasteiger partial charge in [0.15, 0.2) is 0 Å². The second-order valence-corrected chi connectivity index (χ2v) is 5.85. The Morgan fingerprint density at radius 2 is 1.96 bits per heavy atom. The Labute approximate surface area is 156 Å². The largest absolute Gasteiger partial charge is 0.477 e. The van der Waals surface area contributed by atoms with Crippen LogP contribution in [0.4, 0.5) is 18.9 Å². The van der Waals surface area contributed by atoms with Gasteiger partial charge < -0.3 is 10.4 Å². The Morgan fingerprint density at radius 3 is 2.68 bits per heavy atom. The topological polar surface area (TPSA) is 102 Å². The Bertz CT molecular complexity index is 1010. The molecule has 0 fully saturated rings. The number of hydrogen-bond acceptors (Lipinski definition) is 4. The van der Waals surface area contributed by atoms with Gasteiger partial charge in [0.1, 0.15) is 12.2 Å². The lowest BCUT2D eigenvalue weighted by molar-refractivity contribution is -0.137. The molecule has 0 atom stereocenters.